The van der Waals surface area contributed by atoms with Gasteiger partial charge in [-0.3, -0.25) is 4.79 Å². The molecule has 9 heteroatoms. The van der Waals surface area contributed by atoms with E-state index in [4.69, 9.17) is 28.4 Å². The first-order valence-corrected chi connectivity index (χ1v) is 10.4. The maximum absolute atomic E-state index is 14.0. The number of hydrogen-bond donors (Lipinski definition) is 2. The Kier molecular flexibility index (Phi) is 8.31. The number of carbonyl (C=O) groups excluding carboxylic acids is 1. The van der Waals surface area contributed by atoms with Gasteiger partial charge in [0.2, 0.25) is 0 Å². The quantitative estimate of drug-likeness (QED) is 0.417. The molecular weight excluding hydrogens is 471 g/mol. The number of anilines is 1. The molecule has 0 radical (unpaired) electrons. The Morgan fingerprint density at radius 2 is 2.13 bits per heavy atom. The van der Waals surface area contributed by atoms with Crippen molar-refractivity contribution in [3.8, 4) is 5.75 Å². The molecule has 0 fully saturated rings. The predicted octanol–water partition coefficient (Wildman–Crippen LogP) is 4.40. The smallest absolute Gasteiger partial charge is 0.254 e. The number of aromatic nitrogens is 1. The van der Waals surface area contributed by atoms with Crippen molar-refractivity contribution < 1.29 is 13.9 Å². The summed E-state index contributed by atoms with van der Waals surface area (Å²) in [5.74, 6) is -0.281. The van der Waals surface area contributed by atoms with Crippen LogP contribution in [0, 0.1) is 5.82 Å². The summed E-state index contributed by atoms with van der Waals surface area (Å²) in [5, 5.41) is 0. The Morgan fingerprint density at radius 3 is 2.80 bits per heavy atom. The monoisotopic (exact) mass is 494 g/mol. The van der Waals surface area contributed by atoms with Gasteiger partial charge in [0.05, 0.1) is 6.54 Å². The minimum Gasteiger partial charge on any atom is -0.482 e. The van der Waals surface area contributed by atoms with Gasteiger partial charge in [0.15, 0.2) is 11.6 Å². The fourth-order valence-corrected chi connectivity index (χ4v) is 3.21. The number of allylic oxidation sites excluding steroid dienone is 1. The van der Waals surface area contributed by atoms with Gasteiger partial charge in [0.1, 0.15) is 11.9 Å². The van der Waals surface area contributed by atoms with Gasteiger partial charge in [-0.05, 0) is 59.6 Å². The summed E-state index contributed by atoms with van der Waals surface area (Å²) in [5.41, 5.74) is 13.0. The van der Waals surface area contributed by atoms with Crippen molar-refractivity contribution in [3.05, 3.63) is 63.7 Å². The van der Waals surface area contributed by atoms with Crippen LogP contribution in [0.1, 0.15) is 42.3 Å². The Balaban J connectivity index is 2.29. The van der Waals surface area contributed by atoms with Gasteiger partial charge in [-0.1, -0.05) is 19.1 Å². The number of amides is 1. The van der Waals surface area contributed by atoms with Crippen LogP contribution >= 0.6 is 28.1 Å². The van der Waals surface area contributed by atoms with Crippen LogP contribution in [0.5, 0.6) is 5.75 Å². The summed E-state index contributed by atoms with van der Waals surface area (Å²) in [7, 11) is 1.62. The van der Waals surface area contributed by atoms with Crippen molar-refractivity contribution in [2.75, 3.05) is 19.3 Å². The molecule has 0 bridgehead atoms. The fourth-order valence-electron chi connectivity index (χ4n) is 2.75. The van der Waals surface area contributed by atoms with Gasteiger partial charge < -0.3 is 21.1 Å². The standard InChI is InChI=1S/C21H24BrFN4O2S/c1-4-16(30)9-15(24)11-27(3)21(28)17-6-5-14(23)8-18(17)12(2)29-19-7-13(22)10-26-20(19)25/h5-10,12H,4,11,24H2,1-3H3,(H2,25,26)/t12-/m1/s1. The van der Waals surface area contributed by atoms with E-state index >= 15 is 0 Å². The Bertz CT molecular complexity index is 983. The van der Waals surface area contributed by atoms with E-state index in [1.165, 1.54) is 23.1 Å². The molecule has 1 amide bonds. The molecule has 2 aromatic rings. The van der Waals surface area contributed by atoms with Crippen LogP contribution in [0.25, 0.3) is 0 Å². The predicted molar refractivity (Wildman–Crippen MR) is 124 cm³/mol. The molecule has 4 N–H and O–H groups in total. The molecule has 0 spiro atoms. The van der Waals surface area contributed by atoms with Crippen LogP contribution in [0.15, 0.2) is 46.7 Å². The van der Waals surface area contributed by atoms with E-state index in [0.717, 1.165) is 0 Å². The Labute approximate surface area is 189 Å². The number of rotatable bonds is 8. The molecule has 0 unspecified atom stereocenters. The zero-order chi connectivity index (χ0) is 22.4. The van der Waals surface area contributed by atoms with Crippen molar-refractivity contribution in [2.24, 2.45) is 5.73 Å². The van der Waals surface area contributed by atoms with Crippen LogP contribution in [-0.2, 0) is 0 Å². The first-order chi connectivity index (χ1) is 14.1. The third kappa shape index (κ3) is 6.24. The number of nitrogens with zero attached hydrogens (tertiary/aromatic N) is 2. The number of hydrogen-bond acceptors (Lipinski definition) is 6. The number of carbonyl (C=O) groups is 1. The molecule has 2 rings (SSSR count). The van der Waals surface area contributed by atoms with Gasteiger partial charge in [-0.25, -0.2) is 9.37 Å². The van der Waals surface area contributed by atoms with Crippen molar-refractivity contribution in [1.29, 1.82) is 0 Å². The van der Waals surface area contributed by atoms with Gasteiger partial charge in [0.25, 0.3) is 5.91 Å². The first-order valence-electron chi connectivity index (χ1n) is 9.23. The number of likely N-dealkylation sites (N-methyl/N-ethyl adjacent to an activating group) is 1. The second-order valence-corrected chi connectivity index (χ2v) is 8.17. The molecule has 6 nitrogen and oxygen atoms in total. The zero-order valence-electron chi connectivity index (χ0n) is 17.0. The molecule has 1 aromatic heterocycles. The number of thiocarbonyl (C=S) groups is 1. The summed E-state index contributed by atoms with van der Waals surface area (Å²) < 4.78 is 20.5. The topological polar surface area (TPSA) is 94.5 Å². The minimum absolute atomic E-state index is 0.188. The second kappa shape index (κ2) is 10.5. The average molecular weight is 495 g/mol. The van der Waals surface area contributed by atoms with Gasteiger partial charge in [-0.2, -0.15) is 0 Å². The lowest BCUT2D eigenvalue weighted by Crippen LogP contribution is -2.32. The van der Waals surface area contributed by atoms with Crippen molar-refractivity contribution in [2.45, 2.75) is 26.4 Å². The molecule has 1 aromatic carbocycles. The van der Waals surface area contributed by atoms with E-state index < -0.39 is 11.9 Å². The molecule has 0 aliphatic rings. The number of ether oxygens (including phenoxy) is 1. The van der Waals surface area contributed by atoms with E-state index in [1.54, 1.807) is 32.3 Å². The van der Waals surface area contributed by atoms with Gasteiger partial charge >= 0.3 is 0 Å². The summed E-state index contributed by atoms with van der Waals surface area (Å²) in [4.78, 5) is 19.2. The van der Waals surface area contributed by atoms with Gasteiger partial charge in [0, 0.05) is 39.4 Å². The van der Waals surface area contributed by atoms with E-state index in [-0.39, 0.29) is 18.3 Å². The lowest BCUT2D eigenvalue weighted by Gasteiger charge is -2.22. The van der Waals surface area contributed by atoms with Crippen LogP contribution in [0.4, 0.5) is 10.2 Å². The first kappa shape index (κ1) is 23.8. The zero-order valence-corrected chi connectivity index (χ0v) is 19.4. The maximum Gasteiger partial charge on any atom is 0.254 e. The molecular formula is C21H24BrFN4O2S. The minimum atomic E-state index is -0.660. The van der Waals surface area contributed by atoms with E-state index in [9.17, 15) is 9.18 Å². The second-order valence-electron chi connectivity index (χ2n) is 6.73. The van der Waals surface area contributed by atoms with E-state index in [1.807, 2.05) is 6.92 Å². The number of nitrogens with two attached hydrogens (primary N) is 2. The third-order valence-corrected chi connectivity index (χ3v) is 5.14. The maximum atomic E-state index is 14.0. The van der Waals surface area contributed by atoms with Crippen LogP contribution < -0.4 is 16.2 Å². The molecule has 160 valence electrons. The third-order valence-electron chi connectivity index (χ3n) is 4.30. The number of benzene rings is 1. The molecule has 0 aliphatic carbocycles. The number of nitrogen functional groups attached to an aromatic ring is 1. The normalized spacial score (nSPS) is 12.4. The molecule has 1 heterocycles. The number of pyridine rings is 1. The van der Waals surface area contributed by atoms with Gasteiger partial charge in [-0.15, -0.1) is 0 Å². The van der Waals surface area contributed by atoms with Crippen molar-refractivity contribution in [3.63, 3.8) is 0 Å². The van der Waals surface area contributed by atoms with Crippen molar-refractivity contribution >= 4 is 44.7 Å². The van der Waals surface area contributed by atoms with E-state index in [0.29, 0.717) is 38.3 Å². The molecule has 0 saturated heterocycles. The van der Waals surface area contributed by atoms with Crippen LogP contribution in [0.3, 0.4) is 0 Å². The van der Waals surface area contributed by atoms with Crippen molar-refractivity contribution in [1.82, 2.24) is 9.88 Å². The summed E-state index contributed by atoms with van der Waals surface area (Å²) in [6.07, 6.45) is 3.26. The summed E-state index contributed by atoms with van der Waals surface area (Å²) in [6, 6.07) is 5.60. The Morgan fingerprint density at radius 1 is 1.43 bits per heavy atom. The van der Waals surface area contributed by atoms with Crippen LogP contribution in [-0.4, -0.2) is 34.2 Å². The lowest BCUT2D eigenvalue weighted by atomic mass is 10.0. The number of halogens is 2. The molecule has 0 saturated carbocycles. The highest BCUT2D eigenvalue weighted by atomic mass is 79.9. The lowest BCUT2D eigenvalue weighted by molar-refractivity contribution is 0.0801. The Hall–Kier alpha value is -2.52. The SMILES string of the molecule is CCC(=S)C=C(N)CN(C)C(=O)c1ccc(F)cc1[C@@H](C)Oc1cc(Br)cnc1N. The molecule has 30 heavy (non-hydrogen) atoms. The summed E-state index contributed by atoms with van der Waals surface area (Å²) in [6.45, 7) is 3.83. The van der Waals surface area contributed by atoms with E-state index in [2.05, 4.69) is 20.9 Å². The highest BCUT2D eigenvalue weighted by Gasteiger charge is 2.22. The van der Waals surface area contributed by atoms with Crippen LogP contribution in [0.2, 0.25) is 0 Å². The highest BCUT2D eigenvalue weighted by molar-refractivity contribution is 9.10. The molecule has 1 atom stereocenters. The largest absolute Gasteiger partial charge is 0.482 e. The highest BCUT2D eigenvalue weighted by Crippen LogP contribution is 2.30. The fraction of sp³-hybridized carbons (Fsp3) is 0.286. The molecule has 0 aliphatic heterocycles. The summed E-state index contributed by atoms with van der Waals surface area (Å²) >= 11 is 8.47. The average Bonchev–Trinajstić information content (AvgIpc) is 2.69.